The lowest BCUT2D eigenvalue weighted by Gasteiger charge is -2.36. The van der Waals surface area contributed by atoms with Gasteiger partial charge in [0.05, 0.1) is 37.7 Å². The molecule has 2 saturated heterocycles. The molecule has 0 spiro atoms. The molecule has 9 nitrogen and oxygen atoms in total. The summed E-state index contributed by atoms with van der Waals surface area (Å²) in [6.45, 7) is 10.4. The van der Waals surface area contributed by atoms with E-state index < -0.39 is 0 Å². The largest absolute Gasteiger partial charge is 0.379 e. The summed E-state index contributed by atoms with van der Waals surface area (Å²) in [5.74, 6) is 0.746. The van der Waals surface area contributed by atoms with Crippen molar-refractivity contribution in [3.05, 3.63) is 41.6 Å². The molecule has 0 unspecified atom stereocenters. The van der Waals surface area contributed by atoms with Gasteiger partial charge in [-0.3, -0.25) is 19.4 Å². The Morgan fingerprint density at radius 3 is 2.28 bits per heavy atom. The second-order valence-corrected chi connectivity index (χ2v) is 8.51. The van der Waals surface area contributed by atoms with E-state index in [-0.39, 0.29) is 11.8 Å². The maximum atomic E-state index is 12.7. The van der Waals surface area contributed by atoms with Crippen molar-refractivity contribution < 1.29 is 14.3 Å². The molecule has 2 aromatic rings. The van der Waals surface area contributed by atoms with Crippen molar-refractivity contribution in [2.24, 2.45) is 0 Å². The van der Waals surface area contributed by atoms with Crippen molar-refractivity contribution >= 4 is 17.6 Å². The standard InChI is InChI=1S/C23H32N6O3/c1-18-3-5-20(6-4-18)29-21(15-19(2)25-29)24-22(30)16-26-7-9-28(10-8-26)23(31)17-27-11-13-32-14-12-27/h3-6,15H,7-14,16-17H2,1-2H3,(H,24,30). The monoisotopic (exact) mass is 440 g/mol. The summed E-state index contributed by atoms with van der Waals surface area (Å²) < 4.78 is 7.10. The number of hydrogen-bond acceptors (Lipinski definition) is 6. The molecule has 2 amide bonds. The third-order valence-electron chi connectivity index (χ3n) is 5.93. The van der Waals surface area contributed by atoms with Gasteiger partial charge in [-0.15, -0.1) is 0 Å². The minimum Gasteiger partial charge on any atom is -0.379 e. The lowest BCUT2D eigenvalue weighted by Crippen LogP contribution is -2.53. The summed E-state index contributed by atoms with van der Waals surface area (Å²) in [5, 5.41) is 7.52. The van der Waals surface area contributed by atoms with Crippen LogP contribution in [0.15, 0.2) is 30.3 Å². The highest BCUT2D eigenvalue weighted by molar-refractivity contribution is 5.91. The van der Waals surface area contributed by atoms with Crippen LogP contribution in [0.2, 0.25) is 0 Å². The Morgan fingerprint density at radius 1 is 0.938 bits per heavy atom. The third kappa shape index (κ3) is 5.73. The van der Waals surface area contributed by atoms with Crippen LogP contribution in [0.25, 0.3) is 5.69 Å². The highest BCUT2D eigenvalue weighted by atomic mass is 16.5. The van der Waals surface area contributed by atoms with Gasteiger partial charge in [-0.05, 0) is 26.0 Å². The number of piperazine rings is 1. The summed E-state index contributed by atoms with van der Waals surface area (Å²) in [7, 11) is 0. The van der Waals surface area contributed by atoms with E-state index in [1.165, 1.54) is 5.56 Å². The highest BCUT2D eigenvalue weighted by Gasteiger charge is 2.24. The predicted octanol–water partition coefficient (Wildman–Crippen LogP) is 0.904. The molecule has 1 N–H and O–H groups in total. The normalized spacial score (nSPS) is 18.0. The minimum atomic E-state index is -0.0774. The molecule has 2 aliphatic rings. The van der Waals surface area contributed by atoms with Crippen molar-refractivity contribution in [3.63, 3.8) is 0 Å². The zero-order chi connectivity index (χ0) is 22.5. The molecule has 3 heterocycles. The Bertz CT molecular complexity index is 928. The van der Waals surface area contributed by atoms with E-state index >= 15 is 0 Å². The Hall–Kier alpha value is -2.75. The lowest BCUT2D eigenvalue weighted by molar-refractivity contribution is -0.135. The van der Waals surface area contributed by atoms with Crippen LogP contribution in [0.5, 0.6) is 0 Å². The average molecular weight is 441 g/mol. The maximum Gasteiger partial charge on any atom is 0.239 e. The van der Waals surface area contributed by atoms with Gasteiger partial charge in [0.25, 0.3) is 0 Å². The molecule has 2 aliphatic heterocycles. The summed E-state index contributed by atoms with van der Waals surface area (Å²) in [6.07, 6.45) is 0. The summed E-state index contributed by atoms with van der Waals surface area (Å²) in [4.78, 5) is 31.4. The van der Waals surface area contributed by atoms with Crippen molar-refractivity contribution in [1.29, 1.82) is 0 Å². The quantitative estimate of drug-likeness (QED) is 0.719. The Kier molecular flexibility index (Phi) is 7.19. The number of anilines is 1. The van der Waals surface area contributed by atoms with E-state index in [2.05, 4.69) is 20.2 Å². The molecule has 0 atom stereocenters. The van der Waals surface area contributed by atoms with Gasteiger partial charge in [0, 0.05) is 45.3 Å². The van der Waals surface area contributed by atoms with Crippen LogP contribution in [0.3, 0.4) is 0 Å². The van der Waals surface area contributed by atoms with E-state index in [1.54, 1.807) is 4.68 Å². The molecule has 0 radical (unpaired) electrons. The first-order valence-corrected chi connectivity index (χ1v) is 11.2. The molecule has 4 rings (SSSR count). The molecule has 1 aromatic carbocycles. The summed E-state index contributed by atoms with van der Waals surface area (Å²) >= 11 is 0. The number of aryl methyl sites for hydroxylation is 2. The smallest absolute Gasteiger partial charge is 0.239 e. The first kappa shape index (κ1) is 22.4. The maximum absolute atomic E-state index is 12.7. The van der Waals surface area contributed by atoms with Gasteiger partial charge in [-0.25, -0.2) is 4.68 Å². The fraction of sp³-hybridized carbons (Fsp3) is 0.522. The lowest BCUT2D eigenvalue weighted by atomic mass is 10.2. The Balaban J connectivity index is 1.27. The fourth-order valence-electron chi connectivity index (χ4n) is 4.06. The molecule has 9 heteroatoms. The average Bonchev–Trinajstić information content (AvgIpc) is 3.15. The van der Waals surface area contributed by atoms with E-state index in [1.807, 2.05) is 49.1 Å². The number of nitrogens with zero attached hydrogens (tertiary/aromatic N) is 5. The van der Waals surface area contributed by atoms with Crippen molar-refractivity contribution in [3.8, 4) is 5.69 Å². The molecule has 2 fully saturated rings. The van der Waals surface area contributed by atoms with E-state index in [9.17, 15) is 9.59 Å². The van der Waals surface area contributed by atoms with Gasteiger partial charge in [-0.1, -0.05) is 17.7 Å². The topological polar surface area (TPSA) is 82.9 Å². The van der Waals surface area contributed by atoms with Gasteiger partial charge in [-0.2, -0.15) is 5.10 Å². The van der Waals surface area contributed by atoms with Crippen LogP contribution in [0.4, 0.5) is 5.82 Å². The van der Waals surface area contributed by atoms with Gasteiger partial charge < -0.3 is 15.0 Å². The summed E-state index contributed by atoms with van der Waals surface area (Å²) in [5.41, 5.74) is 2.92. The molecule has 0 bridgehead atoms. The minimum absolute atomic E-state index is 0.0774. The van der Waals surface area contributed by atoms with Crippen LogP contribution in [0.1, 0.15) is 11.3 Å². The van der Waals surface area contributed by atoms with Crippen LogP contribution in [-0.4, -0.2) is 102 Å². The third-order valence-corrected chi connectivity index (χ3v) is 5.93. The highest BCUT2D eigenvalue weighted by Crippen LogP contribution is 2.18. The predicted molar refractivity (Wildman–Crippen MR) is 122 cm³/mol. The molecular weight excluding hydrogens is 408 g/mol. The zero-order valence-electron chi connectivity index (χ0n) is 18.9. The Morgan fingerprint density at radius 2 is 1.59 bits per heavy atom. The second-order valence-electron chi connectivity index (χ2n) is 8.51. The molecule has 32 heavy (non-hydrogen) atoms. The van der Waals surface area contributed by atoms with Gasteiger partial charge in [0.2, 0.25) is 11.8 Å². The number of hydrogen-bond donors (Lipinski definition) is 1. The number of aromatic nitrogens is 2. The number of morpholine rings is 1. The zero-order valence-corrected chi connectivity index (χ0v) is 18.9. The molecule has 172 valence electrons. The van der Waals surface area contributed by atoms with E-state index in [4.69, 9.17) is 4.74 Å². The molecular formula is C23H32N6O3. The first-order chi connectivity index (χ1) is 15.5. The van der Waals surface area contributed by atoms with E-state index in [0.29, 0.717) is 58.3 Å². The molecule has 1 aromatic heterocycles. The molecule has 0 saturated carbocycles. The number of nitrogens with one attached hydrogen (secondary N) is 1. The number of carbonyl (C=O) groups excluding carboxylic acids is 2. The Labute approximate surface area is 188 Å². The molecule has 0 aliphatic carbocycles. The van der Waals surface area contributed by atoms with E-state index in [0.717, 1.165) is 24.5 Å². The van der Waals surface area contributed by atoms with Crippen LogP contribution in [0, 0.1) is 13.8 Å². The van der Waals surface area contributed by atoms with Crippen molar-refractivity contribution in [2.45, 2.75) is 13.8 Å². The first-order valence-electron chi connectivity index (χ1n) is 11.2. The summed E-state index contributed by atoms with van der Waals surface area (Å²) in [6, 6.07) is 9.91. The SMILES string of the molecule is Cc1ccc(-n2nc(C)cc2NC(=O)CN2CCN(C(=O)CN3CCOCC3)CC2)cc1. The van der Waals surface area contributed by atoms with Crippen LogP contribution >= 0.6 is 0 Å². The van der Waals surface area contributed by atoms with Crippen LogP contribution in [-0.2, 0) is 14.3 Å². The number of amides is 2. The number of rotatable bonds is 6. The number of benzene rings is 1. The number of ether oxygens (including phenoxy) is 1. The second kappa shape index (κ2) is 10.2. The van der Waals surface area contributed by atoms with Gasteiger partial charge in [0.15, 0.2) is 0 Å². The number of carbonyl (C=O) groups is 2. The van der Waals surface area contributed by atoms with Crippen LogP contribution < -0.4 is 5.32 Å². The van der Waals surface area contributed by atoms with Crippen molar-refractivity contribution in [2.75, 3.05) is 70.9 Å². The van der Waals surface area contributed by atoms with Gasteiger partial charge >= 0.3 is 0 Å². The fourth-order valence-corrected chi connectivity index (χ4v) is 4.06. The van der Waals surface area contributed by atoms with Gasteiger partial charge in [0.1, 0.15) is 5.82 Å². The van der Waals surface area contributed by atoms with Crippen molar-refractivity contribution in [1.82, 2.24) is 24.5 Å².